The van der Waals surface area contributed by atoms with Gasteiger partial charge in [-0.15, -0.1) is 0 Å². The van der Waals surface area contributed by atoms with Gasteiger partial charge >= 0.3 is 0 Å². The van der Waals surface area contributed by atoms with Crippen LogP contribution in [0.4, 0.5) is 0 Å². The third-order valence-corrected chi connectivity index (χ3v) is 3.90. The molecule has 1 aliphatic rings. The molecule has 3 heterocycles. The lowest BCUT2D eigenvalue weighted by atomic mass is 10.1. The summed E-state index contributed by atoms with van der Waals surface area (Å²) in [6, 6.07) is 3.64. The minimum atomic E-state index is -0.112. The number of hydrogen-bond donors (Lipinski definition) is 1. The monoisotopic (exact) mass is 327 g/mol. The summed E-state index contributed by atoms with van der Waals surface area (Å²) >= 11 is 0. The molecule has 126 valence electrons. The largest absolute Gasteiger partial charge is 0.379 e. The fourth-order valence-electron chi connectivity index (χ4n) is 2.65. The highest BCUT2D eigenvalue weighted by molar-refractivity contribution is 5.94. The van der Waals surface area contributed by atoms with E-state index in [-0.39, 0.29) is 11.9 Å². The van der Waals surface area contributed by atoms with Crippen LogP contribution in [0.15, 0.2) is 37.1 Å². The fourth-order valence-corrected chi connectivity index (χ4v) is 2.65. The van der Waals surface area contributed by atoms with Crippen LogP contribution in [-0.4, -0.2) is 64.6 Å². The van der Waals surface area contributed by atoms with Crippen molar-refractivity contribution in [2.24, 2.45) is 0 Å². The summed E-state index contributed by atoms with van der Waals surface area (Å²) in [4.78, 5) is 26.9. The fraction of sp³-hybridized carbons (Fsp3) is 0.412. The van der Waals surface area contributed by atoms with E-state index >= 15 is 0 Å². The highest BCUT2D eigenvalue weighted by atomic mass is 16.5. The maximum atomic E-state index is 12.3. The third-order valence-electron chi connectivity index (χ3n) is 3.90. The Labute approximate surface area is 141 Å². The minimum absolute atomic E-state index is 0.0674. The van der Waals surface area contributed by atoms with Crippen molar-refractivity contribution in [3.63, 3.8) is 0 Å². The lowest BCUT2D eigenvalue weighted by Gasteiger charge is -2.29. The van der Waals surface area contributed by atoms with Crippen LogP contribution in [0.2, 0.25) is 0 Å². The van der Waals surface area contributed by atoms with Gasteiger partial charge in [-0.3, -0.25) is 14.7 Å². The summed E-state index contributed by atoms with van der Waals surface area (Å²) in [6.45, 7) is 6.17. The van der Waals surface area contributed by atoms with Crippen LogP contribution in [-0.2, 0) is 4.74 Å². The number of amides is 1. The van der Waals surface area contributed by atoms with Crippen LogP contribution < -0.4 is 5.32 Å². The molecule has 2 aromatic rings. The van der Waals surface area contributed by atoms with Gasteiger partial charge in [0.2, 0.25) is 0 Å². The zero-order valence-electron chi connectivity index (χ0n) is 13.7. The zero-order chi connectivity index (χ0) is 16.8. The molecule has 0 aliphatic carbocycles. The van der Waals surface area contributed by atoms with Crippen molar-refractivity contribution in [2.75, 3.05) is 32.8 Å². The average Bonchev–Trinajstić information content (AvgIpc) is 2.63. The van der Waals surface area contributed by atoms with E-state index < -0.39 is 0 Å². The molecule has 2 aromatic heterocycles. The maximum absolute atomic E-state index is 12.3. The van der Waals surface area contributed by atoms with Gasteiger partial charge in [-0.25, -0.2) is 9.97 Å². The van der Waals surface area contributed by atoms with Crippen molar-refractivity contribution in [1.82, 2.24) is 25.2 Å². The normalized spacial score (nSPS) is 16.5. The van der Waals surface area contributed by atoms with Crippen LogP contribution in [0, 0.1) is 0 Å². The summed E-state index contributed by atoms with van der Waals surface area (Å²) in [5.74, 6) is -0.112. The Morgan fingerprint density at radius 3 is 2.67 bits per heavy atom. The number of nitrogens with one attached hydrogen (secondary N) is 1. The summed E-state index contributed by atoms with van der Waals surface area (Å²) in [6.07, 6.45) is 6.44. The van der Waals surface area contributed by atoms with Gasteiger partial charge in [0.1, 0.15) is 6.33 Å². The quantitative estimate of drug-likeness (QED) is 0.882. The second kappa shape index (κ2) is 7.94. The van der Waals surface area contributed by atoms with E-state index in [2.05, 4.69) is 25.2 Å². The third kappa shape index (κ3) is 4.33. The molecule has 0 spiro atoms. The molecule has 0 bridgehead atoms. The second-order valence-electron chi connectivity index (χ2n) is 5.85. The molecule has 0 unspecified atom stereocenters. The minimum Gasteiger partial charge on any atom is -0.379 e. The molecule has 0 radical (unpaired) electrons. The smallest absolute Gasteiger partial charge is 0.253 e. The van der Waals surface area contributed by atoms with Gasteiger partial charge in [0.15, 0.2) is 0 Å². The van der Waals surface area contributed by atoms with Crippen molar-refractivity contribution in [2.45, 2.75) is 13.0 Å². The molecule has 1 atom stereocenters. The van der Waals surface area contributed by atoms with E-state index in [4.69, 9.17) is 4.74 Å². The summed E-state index contributed by atoms with van der Waals surface area (Å²) in [5, 5.41) is 3.02. The Kier molecular flexibility index (Phi) is 5.45. The van der Waals surface area contributed by atoms with Gasteiger partial charge in [0, 0.05) is 49.8 Å². The predicted octanol–water partition coefficient (Wildman–Crippen LogP) is 0.989. The van der Waals surface area contributed by atoms with Gasteiger partial charge in [-0.05, 0) is 19.1 Å². The topological polar surface area (TPSA) is 80.2 Å². The summed E-state index contributed by atoms with van der Waals surface area (Å²) < 4.78 is 5.33. The Balaban J connectivity index is 1.56. The molecule has 1 saturated heterocycles. The summed E-state index contributed by atoms with van der Waals surface area (Å²) in [5.41, 5.74) is 2.11. The first-order valence-corrected chi connectivity index (χ1v) is 8.05. The van der Waals surface area contributed by atoms with E-state index in [9.17, 15) is 4.79 Å². The van der Waals surface area contributed by atoms with E-state index in [0.29, 0.717) is 5.56 Å². The molecule has 1 amide bonds. The molecule has 3 rings (SSSR count). The zero-order valence-corrected chi connectivity index (χ0v) is 13.7. The first kappa shape index (κ1) is 16.5. The number of pyridine rings is 1. The maximum Gasteiger partial charge on any atom is 0.253 e. The van der Waals surface area contributed by atoms with Gasteiger partial charge in [0.25, 0.3) is 5.91 Å². The van der Waals surface area contributed by atoms with Crippen molar-refractivity contribution in [3.8, 4) is 11.3 Å². The molecule has 1 fully saturated rings. The number of carbonyl (C=O) groups is 1. The number of hydrogen-bond acceptors (Lipinski definition) is 6. The summed E-state index contributed by atoms with van der Waals surface area (Å²) in [7, 11) is 0. The number of ether oxygens (including phenoxy) is 1. The molecule has 7 nitrogen and oxygen atoms in total. The molecule has 24 heavy (non-hydrogen) atoms. The first-order valence-electron chi connectivity index (χ1n) is 8.05. The second-order valence-corrected chi connectivity index (χ2v) is 5.85. The molecule has 7 heteroatoms. The van der Waals surface area contributed by atoms with Gasteiger partial charge in [-0.2, -0.15) is 0 Å². The van der Waals surface area contributed by atoms with E-state index in [1.807, 2.05) is 6.92 Å². The molecule has 0 saturated carbocycles. The molecular formula is C17H21N5O2. The van der Waals surface area contributed by atoms with Crippen LogP contribution in [0.1, 0.15) is 17.3 Å². The average molecular weight is 327 g/mol. The lowest BCUT2D eigenvalue weighted by molar-refractivity contribution is 0.0342. The van der Waals surface area contributed by atoms with Crippen LogP contribution in [0.25, 0.3) is 11.3 Å². The number of nitrogens with zero attached hydrogens (tertiary/aromatic N) is 4. The SMILES string of the molecule is C[C@@H](CN1CCOCC1)NC(=O)c1ccc(-c2cncnc2)nc1. The first-order chi connectivity index (χ1) is 11.7. The van der Waals surface area contributed by atoms with Gasteiger partial charge in [-0.1, -0.05) is 0 Å². The van der Waals surface area contributed by atoms with Crippen LogP contribution in [0.5, 0.6) is 0 Å². The highest BCUT2D eigenvalue weighted by Crippen LogP contribution is 2.14. The Morgan fingerprint density at radius 1 is 1.25 bits per heavy atom. The molecule has 1 aliphatic heterocycles. The number of morpholine rings is 1. The van der Waals surface area contributed by atoms with Crippen LogP contribution >= 0.6 is 0 Å². The van der Waals surface area contributed by atoms with Crippen molar-refractivity contribution >= 4 is 5.91 Å². The van der Waals surface area contributed by atoms with Crippen LogP contribution in [0.3, 0.4) is 0 Å². The number of rotatable bonds is 5. The van der Waals surface area contributed by atoms with Gasteiger partial charge < -0.3 is 10.1 Å². The Bertz CT molecular complexity index is 656. The van der Waals surface area contributed by atoms with Crippen molar-refractivity contribution in [3.05, 3.63) is 42.6 Å². The molecule has 1 N–H and O–H groups in total. The number of carbonyl (C=O) groups excluding carboxylic acids is 1. The lowest BCUT2D eigenvalue weighted by Crippen LogP contribution is -2.46. The Hall–Kier alpha value is -2.38. The molecular weight excluding hydrogens is 306 g/mol. The van der Waals surface area contributed by atoms with Crippen molar-refractivity contribution < 1.29 is 9.53 Å². The number of aromatic nitrogens is 3. The Morgan fingerprint density at radius 2 is 2.00 bits per heavy atom. The standard InChI is InChI=1S/C17H21N5O2/c1-13(11-22-4-6-24-7-5-22)21-17(23)14-2-3-16(20-10-14)15-8-18-12-19-9-15/h2-3,8-10,12-13H,4-7,11H2,1H3,(H,21,23)/t13-/m0/s1. The molecule has 0 aromatic carbocycles. The van der Waals surface area contributed by atoms with E-state index in [1.165, 1.54) is 6.33 Å². The van der Waals surface area contributed by atoms with Gasteiger partial charge in [0.05, 0.1) is 24.5 Å². The van der Waals surface area contributed by atoms with E-state index in [0.717, 1.165) is 44.1 Å². The van der Waals surface area contributed by atoms with E-state index in [1.54, 1.807) is 30.7 Å². The highest BCUT2D eigenvalue weighted by Gasteiger charge is 2.16. The predicted molar refractivity (Wildman–Crippen MR) is 89.5 cm³/mol. The van der Waals surface area contributed by atoms with Crippen molar-refractivity contribution in [1.29, 1.82) is 0 Å².